The average Bonchev–Trinajstić information content (AvgIpc) is 3.00. The molecule has 1 aliphatic heterocycles. The second-order valence-corrected chi connectivity index (χ2v) is 7.14. The van der Waals surface area contributed by atoms with Crippen molar-refractivity contribution in [2.24, 2.45) is 5.41 Å². The molecule has 2 N–H and O–H groups in total. The molecule has 0 atom stereocenters. The molecule has 0 saturated carbocycles. The van der Waals surface area contributed by atoms with E-state index in [0.717, 1.165) is 31.6 Å². The first-order valence-electron chi connectivity index (χ1n) is 7.79. The van der Waals surface area contributed by atoms with E-state index >= 15 is 0 Å². The Morgan fingerprint density at radius 1 is 1.09 bits per heavy atom. The highest BCUT2D eigenvalue weighted by molar-refractivity contribution is 7.80. The minimum absolute atomic E-state index is 0.0673. The number of hydrogen-bond acceptors (Lipinski definition) is 3. The lowest BCUT2D eigenvalue weighted by atomic mass is 9.96. The Labute approximate surface area is 142 Å². The molecule has 1 fully saturated rings. The summed E-state index contributed by atoms with van der Waals surface area (Å²) in [4.78, 5) is 26.0. The number of likely N-dealkylation sites (tertiary alicyclic amines) is 1. The molecule has 0 aliphatic carbocycles. The van der Waals surface area contributed by atoms with Crippen LogP contribution >= 0.6 is 12.2 Å². The van der Waals surface area contributed by atoms with Crippen LogP contribution in [0.25, 0.3) is 0 Å². The van der Waals surface area contributed by atoms with E-state index in [4.69, 9.17) is 12.2 Å². The number of carbonyl (C=O) groups excluding carboxylic acids is 2. The first kappa shape index (κ1) is 17.4. The first-order chi connectivity index (χ1) is 10.8. The van der Waals surface area contributed by atoms with Gasteiger partial charge in [-0.2, -0.15) is 0 Å². The van der Waals surface area contributed by atoms with Crippen molar-refractivity contribution < 1.29 is 9.59 Å². The Kier molecular flexibility index (Phi) is 5.36. The molecule has 2 rings (SSSR count). The molecule has 0 radical (unpaired) electrons. The molecule has 0 aromatic heterocycles. The highest BCUT2D eigenvalue weighted by Crippen LogP contribution is 2.16. The summed E-state index contributed by atoms with van der Waals surface area (Å²) in [5.74, 6) is -0.0755. The quantitative estimate of drug-likeness (QED) is 0.817. The number of nitrogens with zero attached hydrogens (tertiary/aromatic N) is 1. The van der Waals surface area contributed by atoms with E-state index in [9.17, 15) is 9.59 Å². The number of rotatable bonds is 2. The van der Waals surface area contributed by atoms with Crippen molar-refractivity contribution in [2.45, 2.75) is 33.6 Å². The summed E-state index contributed by atoms with van der Waals surface area (Å²) < 4.78 is 0. The molecule has 1 aromatic rings. The number of nitrogens with one attached hydrogen (secondary N) is 2. The standard InChI is InChI=1S/C17H23N3O2S/c1-17(2,3)15(22)19-16(23)18-13-8-6-12(7-9-13)14(21)20-10-4-5-11-20/h6-9H,4-5,10-11H2,1-3H3,(H2,18,19,22,23). The van der Waals surface area contributed by atoms with Crippen LogP contribution < -0.4 is 10.6 Å². The van der Waals surface area contributed by atoms with Gasteiger partial charge in [-0.1, -0.05) is 20.8 Å². The fourth-order valence-corrected chi connectivity index (χ4v) is 2.46. The van der Waals surface area contributed by atoms with E-state index in [2.05, 4.69) is 10.6 Å². The van der Waals surface area contributed by atoms with E-state index < -0.39 is 5.41 Å². The Balaban J connectivity index is 1.93. The van der Waals surface area contributed by atoms with Crippen molar-refractivity contribution in [3.63, 3.8) is 0 Å². The van der Waals surface area contributed by atoms with Gasteiger partial charge in [0.1, 0.15) is 0 Å². The molecule has 1 aromatic carbocycles. The largest absolute Gasteiger partial charge is 0.339 e. The van der Waals surface area contributed by atoms with Gasteiger partial charge in [-0.3, -0.25) is 9.59 Å². The number of carbonyl (C=O) groups is 2. The number of thiocarbonyl (C=S) groups is 1. The van der Waals surface area contributed by atoms with E-state index in [0.29, 0.717) is 5.56 Å². The molecule has 0 unspecified atom stereocenters. The Bertz CT molecular complexity index is 599. The van der Waals surface area contributed by atoms with Gasteiger partial charge in [-0.25, -0.2) is 0 Å². The zero-order chi connectivity index (χ0) is 17.0. The van der Waals surface area contributed by atoms with Crippen LogP contribution in [0.3, 0.4) is 0 Å². The van der Waals surface area contributed by atoms with Gasteiger partial charge in [0.25, 0.3) is 5.91 Å². The van der Waals surface area contributed by atoms with Crippen LogP contribution in [0.15, 0.2) is 24.3 Å². The van der Waals surface area contributed by atoms with Gasteiger partial charge in [-0.05, 0) is 49.3 Å². The van der Waals surface area contributed by atoms with Gasteiger partial charge in [0.05, 0.1) is 0 Å². The van der Waals surface area contributed by atoms with Crippen LogP contribution in [0.1, 0.15) is 44.0 Å². The fraction of sp³-hybridized carbons (Fsp3) is 0.471. The summed E-state index contributed by atoms with van der Waals surface area (Å²) in [5.41, 5.74) is 0.905. The predicted molar refractivity (Wildman–Crippen MR) is 95.4 cm³/mol. The van der Waals surface area contributed by atoms with Crippen molar-refractivity contribution in [3.05, 3.63) is 29.8 Å². The lowest BCUT2D eigenvalue weighted by Gasteiger charge is -2.19. The maximum Gasteiger partial charge on any atom is 0.253 e. The zero-order valence-electron chi connectivity index (χ0n) is 13.8. The first-order valence-corrected chi connectivity index (χ1v) is 8.20. The molecular weight excluding hydrogens is 310 g/mol. The maximum atomic E-state index is 12.3. The highest BCUT2D eigenvalue weighted by Gasteiger charge is 2.22. The molecule has 0 bridgehead atoms. The highest BCUT2D eigenvalue weighted by atomic mass is 32.1. The molecule has 0 spiro atoms. The molecular formula is C17H23N3O2S. The van der Waals surface area contributed by atoms with Gasteiger partial charge in [0.2, 0.25) is 5.91 Å². The molecule has 124 valence electrons. The zero-order valence-corrected chi connectivity index (χ0v) is 14.6. The molecule has 1 aliphatic rings. The summed E-state index contributed by atoms with van der Waals surface area (Å²) in [6, 6.07) is 7.13. The van der Waals surface area contributed by atoms with Gasteiger partial charge >= 0.3 is 0 Å². The van der Waals surface area contributed by atoms with Gasteiger partial charge < -0.3 is 15.5 Å². The van der Waals surface area contributed by atoms with Crippen LogP contribution in [0.2, 0.25) is 0 Å². The van der Waals surface area contributed by atoms with E-state index in [1.807, 2.05) is 25.7 Å². The monoisotopic (exact) mass is 333 g/mol. The molecule has 1 saturated heterocycles. The van der Waals surface area contributed by atoms with Crippen molar-refractivity contribution in [3.8, 4) is 0 Å². The minimum atomic E-state index is -0.502. The van der Waals surface area contributed by atoms with Crippen molar-refractivity contribution in [1.82, 2.24) is 10.2 Å². The summed E-state index contributed by atoms with van der Waals surface area (Å²) in [7, 11) is 0. The number of anilines is 1. The third-order valence-electron chi connectivity index (χ3n) is 3.69. The third-order valence-corrected chi connectivity index (χ3v) is 3.90. The molecule has 5 nitrogen and oxygen atoms in total. The maximum absolute atomic E-state index is 12.3. The fourth-order valence-electron chi connectivity index (χ4n) is 2.25. The lowest BCUT2D eigenvalue weighted by molar-refractivity contribution is -0.126. The van der Waals surface area contributed by atoms with Crippen LogP contribution in [-0.2, 0) is 4.79 Å². The van der Waals surface area contributed by atoms with Crippen LogP contribution in [-0.4, -0.2) is 34.9 Å². The average molecular weight is 333 g/mol. The van der Waals surface area contributed by atoms with Crippen LogP contribution in [0, 0.1) is 5.41 Å². The van der Waals surface area contributed by atoms with Crippen molar-refractivity contribution in [2.75, 3.05) is 18.4 Å². The van der Waals surface area contributed by atoms with Crippen LogP contribution in [0.5, 0.6) is 0 Å². The molecule has 1 heterocycles. The van der Waals surface area contributed by atoms with E-state index in [1.165, 1.54) is 0 Å². The molecule has 6 heteroatoms. The van der Waals surface area contributed by atoms with Gasteiger partial charge in [-0.15, -0.1) is 0 Å². The second kappa shape index (κ2) is 7.08. The number of hydrogen-bond donors (Lipinski definition) is 2. The van der Waals surface area contributed by atoms with Gasteiger partial charge in [0.15, 0.2) is 5.11 Å². The van der Waals surface area contributed by atoms with E-state index in [-0.39, 0.29) is 16.9 Å². The van der Waals surface area contributed by atoms with E-state index in [1.54, 1.807) is 24.3 Å². The molecule has 2 amide bonds. The molecule has 23 heavy (non-hydrogen) atoms. The Morgan fingerprint density at radius 2 is 1.65 bits per heavy atom. The summed E-state index contributed by atoms with van der Waals surface area (Å²) in [5, 5.41) is 5.87. The van der Waals surface area contributed by atoms with Crippen molar-refractivity contribution in [1.29, 1.82) is 0 Å². The topological polar surface area (TPSA) is 61.4 Å². The third kappa shape index (κ3) is 4.76. The minimum Gasteiger partial charge on any atom is -0.339 e. The smallest absolute Gasteiger partial charge is 0.253 e. The normalized spacial score (nSPS) is 14.5. The number of benzene rings is 1. The number of amides is 2. The summed E-state index contributed by atoms with van der Waals surface area (Å²) in [6.45, 7) is 7.14. The van der Waals surface area contributed by atoms with Gasteiger partial charge in [0, 0.05) is 29.8 Å². The Morgan fingerprint density at radius 3 is 2.17 bits per heavy atom. The van der Waals surface area contributed by atoms with Crippen LogP contribution in [0.4, 0.5) is 5.69 Å². The summed E-state index contributed by atoms with van der Waals surface area (Å²) >= 11 is 5.13. The summed E-state index contributed by atoms with van der Waals surface area (Å²) in [6.07, 6.45) is 2.15. The predicted octanol–water partition coefficient (Wildman–Crippen LogP) is 2.78. The lowest BCUT2D eigenvalue weighted by Crippen LogP contribution is -2.41. The SMILES string of the molecule is CC(C)(C)C(=O)NC(=S)Nc1ccc(C(=O)N2CCCC2)cc1. The van der Waals surface area contributed by atoms with Crippen molar-refractivity contribution >= 4 is 34.8 Å². The second-order valence-electron chi connectivity index (χ2n) is 6.73. The Hall–Kier alpha value is -1.95.